The van der Waals surface area contributed by atoms with Gasteiger partial charge in [-0.1, -0.05) is 13.3 Å². The monoisotopic (exact) mass is 254 g/mol. The van der Waals surface area contributed by atoms with Crippen LogP contribution < -0.4 is 5.32 Å². The number of urea groups is 1. The van der Waals surface area contributed by atoms with E-state index in [1.807, 2.05) is 0 Å². The van der Waals surface area contributed by atoms with Crippen LogP contribution in [0.5, 0.6) is 0 Å². The Kier molecular flexibility index (Phi) is 4.09. The lowest BCUT2D eigenvalue weighted by molar-refractivity contribution is -0.143. The summed E-state index contributed by atoms with van der Waals surface area (Å²) in [6, 6.07) is 0.345. The van der Waals surface area contributed by atoms with E-state index in [0.717, 1.165) is 6.42 Å². The third kappa shape index (κ3) is 3.15. The van der Waals surface area contributed by atoms with Crippen LogP contribution >= 0.6 is 0 Å². The Morgan fingerprint density at radius 1 is 1.33 bits per heavy atom. The quantitative estimate of drug-likeness (QED) is 0.802. The van der Waals surface area contributed by atoms with E-state index in [-0.39, 0.29) is 11.9 Å². The summed E-state index contributed by atoms with van der Waals surface area (Å²) in [4.78, 5) is 24.5. The number of carboxylic acid groups (broad SMARTS) is 1. The Bertz CT molecular complexity index is 324. The molecule has 0 unspecified atom stereocenters. The third-order valence-corrected chi connectivity index (χ3v) is 4.02. The van der Waals surface area contributed by atoms with Gasteiger partial charge in [-0.25, -0.2) is 4.79 Å². The normalized spacial score (nSPS) is 27.9. The molecule has 0 radical (unpaired) electrons. The van der Waals surface area contributed by atoms with Gasteiger partial charge in [-0.15, -0.1) is 0 Å². The molecule has 2 amide bonds. The molecule has 1 heterocycles. The zero-order chi connectivity index (χ0) is 13.1. The Balaban J connectivity index is 1.70. The van der Waals surface area contributed by atoms with Crippen molar-refractivity contribution < 1.29 is 14.7 Å². The highest BCUT2D eigenvalue weighted by Crippen LogP contribution is 2.34. The van der Waals surface area contributed by atoms with Gasteiger partial charge in [-0.05, 0) is 31.6 Å². The Morgan fingerprint density at radius 2 is 2.00 bits per heavy atom. The first-order valence-electron chi connectivity index (χ1n) is 6.90. The second kappa shape index (κ2) is 5.59. The maximum Gasteiger partial charge on any atom is 0.317 e. The smallest absolute Gasteiger partial charge is 0.317 e. The van der Waals surface area contributed by atoms with E-state index in [1.54, 1.807) is 4.90 Å². The molecule has 2 N–H and O–H groups in total. The molecule has 0 bridgehead atoms. The molecule has 102 valence electrons. The molecular weight excluding hydrogens is 232 g/mol. The summed E-state index contributed by atoms with van der Waals surface area (Å²) in [7, 11) is 0. The van der Waals surface area contributed by atoms with E-state index < -0.39 is 5.97 Å². The second-order valence-corrected chi connectivity index (χ2v) is 5.44. The Labute approximate surface area is 108 Å². The van der Waals surface area contributed by atoms with Gasteiger partial charge in [0.05, 0.1) is 5.92 Å². The number of rotatable bonds is 4. The minimum absolute atomic E-state index is 0.0116. The second-order valence-electron chi connectivity index (χ2n) is 5.44. The molecule has 0 aromatic carbocycles. The molecule has 18 heavy (non-hydrogen) atoms. The highest BCUT2D eigenvalue weighted by atomic mass is 16.4. The van der Waals surface area contributed by atoms with Crippen molar-refractivity contribution in [3.8, 4) is 0 Å². The summed E-state index contributed by atoms with van der Waals surface area (Å²) in [5.41, 5.74) is 0. The fourth-order valence-corrected chi connectivity index (χ4v) is 2.69. The molecule has 5 nitrogen and oxygen atoms in total. The van der Waals surface area contributed by atoms with Crippen molar-refractivity contribution in [1.82, 2.24) is 10.2 Å². The van der Waals surface area contributed by atoms with Crippen LogP contribution in [-0.4, -0.2) is 41.1 Å². The topological polar surface area (TPSA) is 69.6 Å². The van der Waals surface area contributed by atoms with Crippen LogP contribution in [0.15, 0.2) is 0 Å². The van der Waals surface area contributed by atoms with Crippen LogP contribution in [0.4, 0.5) is 4.79 Å². The Morgan fingerprint density at radius 3 is 2.56 bits per heavy atom. The van der Waals surface area contributed by atoms with Gasteiger partial charge in [0.1, 0.15) is 0 Å². The molecule has 1 saturated carbocycles. The molecule has 1 aliphatic heterocycles. The number of likely N-dealkylation sites (tertiary alicyclic amines) is 1. The van der Waals surface area contributed by atoms with Crippen molar-refractivity contribution in [2.24, 2.45) is 11.8 Å². The third-order valence-electron chi connectivity index (χ3n) is 4.02. The number of carboxylic acids is 1. The van der Waals surface area contributed by atoms with E-state index in [9.17, 15) is 9.59 Å². The number of carbonyl (C=O) groups excluding carboxylic acids is 1. The van der Waals surface area contributed by atoms with Crippen LogP contribution in [0.2, 0.25) is 0 Å². The number of amides is 2. The summed E-state index contributed by atoms with van der Waals surface area (Å²) < 4.78 is 0. The van der Waals surface area contributed by atoms with Gasteiger partial charge in [0, 0.05) is 19.1 Å². The van der Waals surface area contributed by atoms with Gasteiger partial charge >= 0.3 is 12.0 Å². The van der Waals surface area contributed by atoms with Gasteiger partial charge in [-0.3, -0.25) is 4.79 Å². The summed E-state index contributed by atoms with van der Waals surface area (Å²) >= 11 is 0. The molecule has 2 atom stereocenters. The molecule has 5 heteroatoms. The summed E-state index contributed by atoms with van der Waals surface area (Å²) in [5.74, 6) is -0.349. The van der Waals surface area contributed by atoms with Gasteiger partial charge in [0.15, 0.2) is 0 Å². The lowest BCUT2D eigenvalue weighted by Crippen LogP contribution is -2.46. The highest BCUT2D eigenvalue weighted by Gasteiger charge is 2.38. The van der Waals surface area contributed by atoms with Gasteiger partial charge in [0.2, 0.25) is 0 Å². The predicted octanol–water partition coefficient (Wildman–Crippen LogP) is 1.68. The summed E-state index contributed by atoms with van der Waals surface area (Å²) in [6.45, 7) is 3.29. The molecule has 0 spiro atoms. The number of piperidine rings is 1. The number of aliphatic carboxylic acids is 1. The number of hydrogen-bond donors (Lipinski definition) is 2. The van der Waals surface area contributed by atoms with E-state index in [2.05, 4.69) is 12.2 Å². The fourth-order valence-electron chi connectivity index (χ4n) is 2.69. The SMILES string of the molecule is CCC[C@@H]1C[C@H]1NC(=O)N1CCC(C(=O)O)CC1. The average molecular weight is 254 g/mol. The molecular formula is C13H22N2O3. The number of nitrogens with one attached hydrogen (secondary N) is 1. The lowest BCUT2D eigenvalue weighted by Gasteiger charge is -2.30. The minimum atomic E-state index is -0.736. The lowest BCUT2D eigenvalue weighted by atomic mass is 9.97. The first kappa shape index (κ1) is 13.2. The number of hydrogen-bond acceptors (Lipinski definition) is 2. The van der Waals surface area contributed by atoms with Gasteiger partial charge < -0.3 is 15.3 Å². The average Bonchev–Trinajstić information content (AvgIpc) is 3.08. The first-order chi connectivity index (χ1) is 8.61. The molecule has 1 saturated heterocycles. The van der Waals surface area contributed by atoms with E-state index in [4.69, 9.17) is 5.11 Å². The van der Waals surface area contributed by atoms with Crippen molar-refractivity contribution in [3.05, 3.63) is 0 Å². The summed E-state index contributed by atoms with van der Waals surface area (Å²) in [6.07, 6.45) is 4.61. The molecule has 1 aliphatic carbocycles. The molecule has 0 aromatic rings. The number of nitrogens with zero attached hydrogens (tertiary/aromatic N) is 1. The standard InChI is InChI=1S/C13H22N2O3/c1-2-3-10-8-11(10)14-13(18)15-6-4-9(5-7-15)12(16)17/h9-11H,2-8H2,1H3,(H,14,18)(H,16,17)/t10-,11-/m1/s1. The zero-order valence-electron chi connectivity index (χ0n) is 10.9. The minimum Gasteiger partial charge on any atom is -0.481 e. The van der Waals surface area contributed by atoms with E-state index in [1.165, 1.54) is 12.8 Å². The van der Waals surface area contributed by atoms with Crippen LogP contribution in [0, 0.1) is 11.8 Å². The van der Waals surface area contributed by atoms with Crippen LogP contribution in [0.1, 0.15) is 39.0 Å². The molecule has 0 aromatic heterocycles. The Hall–Kier alpha value is -1.26. The molecule has 2 fully saturated rings. The largest absolute Gasteiger partial charge is 0.481 e. The fraction of sp³-hybridized carbons (Fsp3) is 0.846. The number of carbonyl (C=O) groups is 2. The molecule has 2 rings (SSSR count). The van der Waals surface area contributed by atoms with Crippen molar-refractivity contribution in [3.63, 3.8) is 0 Å². The van der Waals surface area contributed by atoms with Crippen LogP contribution in [0.3, 0.4) is 0 Å². The molecule has 2 aliphatic rings. The summed E-state index contributed by atoms with van der Waals surface area (Å²) in [5, 5.41) is 11.9. The van der Waals surface area contributed by atoms with Crippen LogP contribution in [0.25, 0.3) is 0 Å². The maximum atomic E-state index is 11.9. The van der Waals surface area contributed by atoms with E-state index in [0.29, 0.717) is 37.9 Å². The predicted molar refractivity (Wildman–Crippen MR) is 67.3 cm³/mol. The van der Waals surface area contributed by atoms with Gasteiger partial charge in [0.25, 0.3) is 0 Å². The highest BCUT2D eigenvalue weighted by molar-refractivity contribution is 5.76. The van der Waals surface area contributed by atoms with E-state index >= 15 is 0 Å². The van der Waals surface area contributed by atoms with Gasteiger partial charge in [-0.2, -0.15) is 0 Å². The zero-order valence-corrected chi connectivity index (χ0v) is 10.9. The van der Waals surface area contributed by atoms with Crippen molar-refractivity contribution >= 4 is 12.0 Å². The van der Waals surface area contributed by atoms with Crippen molar-refractivity contribution in [2.75, 3.05) is 13.1 Å². The maximum absolute atomic E-state index is 11.9. The van der Waals surface area contributed by atoms with Crippen molar-refractivity contribution in [2.45, 2.75) is 45.1 Å². The van der Waals surface area contributed by atoms with Crippen LogP contribution in [-0.2, 0) is 4.79 Å². The first-order valence-corrected chi connectivity index (χ1v) is 6.90. The van der Waals surface area contributed by atoms with Crippen molar-refractivity contribution in [1.29, 1.82) is 0 Å².